The smallest absolute Gasteiger partial charge is 0.124 e. The Morgan fingerprint density at radius 1 is 0.963 bits per heavy atom. The third-order valence-electron chi connectivity index (χ3n) is 4.20. The third-order valence-corrected chi connectivity index (χ3v) is 4.20. The Morgan fingerprint density at radius 3 is 2.15 bits per heavy atom. The molecule has 4 N–H and O–H groups in total. The fraction of sp³-hybridized carbons (Fsp3) is 0.167. The molecule has 3 rings (SSSR count). The number of aryl methyl sites for hydroxylation is 2. The van der Waals surface area contributed by atoms with Gasteiger partial charge in [0, 0.05) is 23.5 Å². The van der Waals surface area contributed by atoms with E-state index in [2.05, 4.69) is 55.2 Å². The van der Waals surface area contributed by atoms with E-state index in [0.717, 1.165) is 18.5 Å². The van der Waals surface area contributed by atoms with Gasteiger partial charge in [0.25, 0.3) is 0 Å². The van der Waals surface area contributed by atoms with Crippen molar-refractivity contribution in [2.75, 3.05) is 5.32 Å². The van der Waals surface area contributed by atoms with Crippen LogP contribution in [0.2, 0.25) is 0 Å². The van der Waals surface area contributed by atoms with Crippen LogP contribution in [0.4, 0.5) is 5.69 Å². The van der Waals surface area contributed by atoms with Crippen molar-refractivity contribution in [3.63, 3.8) is 0 Å². The van der Waals surface area contributed by atoms with Crippen LogP contribution < -0.4 is 11.1 Å². The van der Waals surface area contributed by atoms with Crippen molar-refractivity contribution in [1.82, 2.24) is 0 Å². The van der Waals surface area contributed by atoms with Crippen LogP contribution in [-0.4, -0.2) is 5.11 Å². The molecule has 0 heterocycles. The lowest BCUT2D eigenvalue weighted by Crippen LogP contribution is -1.98. The molecule has 0 atom stereocenters. The van der Waals surface area contributed by atoms with Gasteiger partial charge in [-0.05, 0) is 48.7 Å². The lowest BCUT2D eigenvalue weighted by Gasteiger charge is -2.06. The highest BCUT2D eigenvalue weighted by Crippen LogP contribution is 2.21. The average Bonchev–Trinajstić information content (AvgIpc) is 2.70. The number of rotatable bonds is 5. The summed E-state index contributed by atoms with van der Waals surface area (Å²) in [5.41, 5.74) is 11.4. The van der Waals surface area contributed by atoms with E-state index in [4.69, 9.17) is 5.73 Å². The van der Waals surface area contributed by atoms with E-state index < -0.39 is 0 Å². The molecule has 0 aliphatic carbocycles. The number of benzene rings is 3. The van der Waals surface area contributed by atoms with Crippen LogP contribution in [0.5, 0.6) is 5.75 Å². The fourth-order valence-electron chi connectivity index (χ4n) is 2.56. The van der Waals surface area contributed by atoms with Gasteiger partial charge in [-0.2, -0.15) is 0 Å². The van der Waals surface area contributed by atoms with Gasteiger partial charge in [-0.25, -0.2) is 0 Å². The van der Waals surface area contributed by atoms with E-state index in [1.54, 1.807) is 12.1 Å². The maximum Gasteiger partial charge on any atom is 0.124 e. The summed E-state index contributed by atoms with van der Waals surface area (Å²) in [5.74, 6) is 0.183. The van der Waals surface area contributed by atoms with Gasteiger partial charge in [-0.1, -0.05) is 67.6 Å². The van der Waals surface area contributed by atoms with Crippen molar-refractivity contribution in [1.29, 1.82) is 0 Å². The molecule has 0 saturated heterocycles. The van der Waals surface area contributed by atoms with Crippen LogP contribution in [-0.2, 0) is 13.0 Å². The Kier molecular flexibility index (Phi) is 7.50. The van der Waals surface area contributed by atoms with Crippen LogP contribution in [0, 0.1) is 6.92 Å². The van der Waals surface area contributed by atoms with E-state index >= 15 is 0 Å². The molecule has 3 aromatic carbocycles. The number of hydrogen-bond donors (Lipinski definition) is 3. The minimum atomic E-state index is 0.183. The van der Waals surface area contributed by atoms with Crippen molar-refractivity contribution in [3.8, 4) is 5.75 Å². The highest BCUT2D eigenvalue weighted by molar-refractivity contribution is 5.66. The Bertz CT molecular complexity index is 855. The van der Waals surface area contributed by atoms with Gasteiger partial charge in [-0.15, -0.1) is 0 Å². The van der Waals surface area contributed by atoms with E-state index in [0.29, 0.717) is 11.3 Å². The number of nitrogens with two attached hydrogens (primary N) is 1. The van der Waals surface area contributed by atoms with Crippen molar-refractivity contribution in [2.45, 2.75) is 26.8 Å². The second-order valence-corrected chi connectivity index (χ2v) is 6.44. The van der Waals surface area contributed by atoms with Gasteiger partial charge in [0.15, 0.2) is 0 Å². The second kappa shape index (κ2) is 10.1. The minimum absolute atomic E-state index is 0.183. The summed E-state index contributed by atoms with van der Waals surface area (Å²) in [6.45, 7) is 8.54. The molecule has 0 aliphatic heterocycles. The summed E-state index contributed by atoms with van der Waals surface area (Å²) in [5, 5.41) is 12.7. The lowest BCUT2D eigenvalue weighted by molar-refractivity contribution is 0.473. The zero-order chi connectivity index (χ0) is 19.6. The highest BCUT2D eigenvalue weighted by Gasteiger charge is 2.00. The first-order valence-electron chi connectivity index (χ1n) is 9.10. The lowest BCUT2D eigenvalue weighted by atomic mass is 10.1. The number of aromatic hydroxyl groups is 1. The first-order chi connectivity index (χ1) is 13.0. The summed E-state index contributed by atoms with van der Waals surface area (Å²) >= 11 is 0. The topological polar surface area (TPSA) is 58.3 Å². The predicted molar refractivity (Wildman–Crippen MR) is 116 cm³/mol. The van der Waals surface area contributed by atoms with Crippen molar-refractivity contribution in [3.05, 3.63) is 102 Å². The molecule has 3 aromatic rings. The van der Waals surface area contributed by atoms with Gasteiger partial charge in [0.1, 0.15) is 5.75 Å². The van der Waals surface area contributed by atoms with Crippen LogP contribution >= 0.6 is 0 Å². The van der Waals surface area contributed by atoms with Gasteiger partial charge >= 0.3 is 0 Å². The molecule has 0 aromatic heterocycles. The van der Waals surface area contributed by atoms with Crippen LogP contribution in [0.1, 0.15) is 29.2 Å². The zero-order valence-electron chi connectivity index (χ0n) is 16.1. The highest BCUT2D eigenvalue weighted by atomic mass is 16.3. The Hall–Kier alpha value is -3.20. The molecule has 140 valence electrons. The number of para-hydroxylation sites is 1. The molecule has 0 radical (unpaired) electrons. The number of nitrogens with one attached hydrogen (secondary N) is 1. The molecule has 0 saturated carbocycles. The monoisotopic (exact) mass is 360 g/mol. The predicted octanol–water partition coefficient (Wildman–Crippen LogP) is 5.49. The van der Waals surface area contributed by atoms with E-state index in [1.165, 1.54) is 16.8 Å². The maximum atomic E-state index is 9.26. The molecule has 0 aliphatic rings. The summed E-state index contributed by atoms with van der Waals surface area (Å²) in [7, 11) is 0. The molecule has 0 amide bonds. The summed E-state index contributed by atoms with van der Waals surface area (Å²) in [4.78, 5) is 0. The number of phenolic OH excluding ortho intramolecular Hbond substituents is 1. The van der Waals surface area contributed by atoms with Crippen molar-refractivity contribution >= 4 is 11.4 Å². The first-order valence-corrected chi connectivity index (χ1v) is 9.10. The minimum Gasteiger partial charge on any atom is -0.507 e. The normalized spacial score (nSPS) is 9.85. The molecule has 0 fully saturated rings. The number of phenols is 1. The van der Waals surface area contributed by atoms with E-state index in [1.807, 2.05) is 31.2 Å². The van der Waals surface area contributed by atoms with E-state index in [-0.39, 0.29) is 5.75 Å². The summed E-state index contributed by atoms with van der Waals surface area (Å²) in [6, 6.07) is 24.3. The maximum absolute atomic E-state index is 9.26. The quantitative estimate of drug-likeness (QED) is 0.564. The number of hydrogen-bond acceptors (Lipinski definition) is 3. The SMILES string of the molecule is C=C(N)c1cc(C)ccc1O.CCc1ccc(CNc2ccccc2)cc1. The largest absolute Gasteiger partial charge is 0.507 e. The Morgan fingerprint density at radius 2 is 1.59 bits per heavy atom. The molecular weight excluding hydrogens is 332 g/mol. The molecule has 0 spiro atoms. The summed E-state index contributed by atoms with van der Waals surface area (Å²) in [6.07, 6.45) is 1.10. The zero-order valence-corrected chi connectivity index (χ0v) is 16.1. The second-order valence-electron chi connectivity index (χ2n) is 6.44. The number of anilines is 1. The van der Waals surface area contributed by atoms with Gasteiger partial charge < -0.3 is 16.2 Å². The van der Waals surface area contributed by atoms with Crippen molar-refractivity contribution < 1.29 is 5.11 Å². The molecule has 0 bridgehead atoms. The van der Waals surface area contributed by atoms with Crippen LogP contribution in [0.3, 0.4) is 0 Å². The Balaban J connectivity index is 0.000000208. The Labute approximate surface area is 162 Å². The molecule has 3 heteroatoms. The molecular formula is C24H28N2O. The van der Waals surface area contributed by atoms with E-state index in [9.17, 15) is 5.11 Å². The van der Waals surface area contributed by atoms with Crippen LogP contribution in [0.15, 0.2) is 79.4 Å². The third kappa shape index (κ3) is 6.55. The first kappa shape index (κ1) is 20.1. The van der Waals surface area contributed by atoms with Gasteiger partial charge in [0.05, 0.1) is 0 Å². The van der Waals surface area contributed by atoms with Gasteiger partial charge in [-0.3, -0.25) is 0 Å². The standard InChI is InChI=1S/C15H17N.C9H11NO/c1-2-13-8-10-14(11-9-13)12-16-15-6-4-3-5-7-15;1-6-3-4-9(11)8(5-6)7(2)10/h3-11,16H,2,12H2,1H3;3-5,11H,2,10H2,1H3. The van der Waals surface area contributed by atoms with Crippen molar-refractivity contribution in [2.24, 2.45) is 5.73 Å². The van der Waals surface area contributed by atoms with Crippen LogP contribution in [0.25, 0.3) is 5.70 Å². The van der Waals surface area contributed by atoms with Gasteiger partial charge in [0.2, 0.25) is 0 Å². The molecule has 0 unspecified atom stereocenters. The molecule has 3 nitrogen and oxygen atoms in total. The average molecular weight is 361 g/mol. The summed E-state index contributed by atoms with van der Waals surface area (Å²) < 4.78 is 0. The fourth-order valence-corrected chi connectivity index (χ4v) is 2.56. The molecule has 27 heavy (non-hydrogen) atoms.